The Kier molecular flexibility index (Phi) is 3.06. The van der Waals surface area contributed by atoms with E-state index in [-0.39, 0.29) is 4.75 Å². The van der Waals surface area contributed by atoms with Crippen LogP contribution in [-0.2, 0) is 0 Å². The molecule has 0 spiro atoms. The lowest BCUT2D eigenvalue weighted by atomic mass is 10.00. The van der Waals surface area contributed by atoms with Crippen LogP contribution < -0.4 is 0 Å². The van der Waals surface area contributed by atoms with Crippen LogP contribution >= 0.6 is 12.6 Å². The van der Waals surface area contributed by atoms with Crippen LogP contribution in [0.1, 0.15) is 18.1 Å². The highest BCUT2D eigenvalue weighted by atomic mass is 32.1. The first-order valence-electron chi connectivity index (χ1n) is 5.46. The lowest BCUT2D eigenvalue weighted by Crippen LogP contribution is -2.06. The summed E-state index contributed by atoms with van der Waals surface area (Å²) in [7, 11) is 0. The van der Waals surface area contributed by atoms with Gasteiger partial charge in [-0.25, -0.2) is 0 Å². The van der Waals surface area contributed by atoms with Crippen LogP contribution in [0.25, 0.3) is 5.57 Å². The minimum absolute atomic E-state index is 0.152. The summed E-state index contributed by atoms with van der Waals surface area (Å²) in [5.41, 5.74) is 3.83. The average molecular weight is 228 g/mol. The van der Waals surface area contributed by atoms with Crippen molar-refractivity contribution in [2.75, 3.05) is 0 Å². The largest absolute Gasteiger partial charge is 0.164 e. The topological polar surface area (TPSA) is 0 Å². The van der Waals surface area contributed by atoms with Crippen molar-refractivity contribution in [2.24, 2.45) is 0 Å². The normalized spacial score (nSPS) is 24.1. The molecule has 1 aromatic carbocycles. The molecule has 1 aromatic rings. The number of allylic oxidation sites excluding steroid dienone is 4. The molecule has 0 fully saturated rings. The summed E-state index contributed by atoms with van der Waals surface area (Å²) >= 11 is 4.56. The zero-order valence-corrected chi connectivity index (χ0v) is 10.5. The molecule has 0 N–H and O–H groups in total. The Hall–Kier alpha value is -1.21. The van der Waals surface area contributed by atoms with E-state index in [2.05, 4.69) is 81.1 Å². The second-order valence-electron chi connectivity index (χ2n) is 4.36. The van der Waals surface area contributed by atoms with Gasteiger partial charge in [0.2, 0.25) is 0 Å². The van der Waals surface area contributed by atoms with E-state index in [1.165, 1.54) is 16.7 Å². The summed E-state index contributed by atoms with van der Waals surface area (Å²) < 4.78 is -0.152. The summed E-state index contributed by atoms with van der Waals surface area (Å²) in [6.45, 7) is 4.22. The zero-order valence-electron chi connectivity index (χ0n) is 9.64. The van der Waals surface area contributed by atoms with E-state index in [9.17, 15) is 0 Å². The minimum Gasteiger partial charge on any atom is -0.164 e. The predicted molar refractivity (Wildman–Crippen MR) is 74.8 cm³/mol. The van der Waals surface area contributed by atoms with Gasteiger partial charge in [0, 0.05) is 4.75 Å². The third kappa shape index (κ3) is 2.48. The molecule has 0 radical (unpaired) electrons. The van der Waals surface area contributed by atoms with E-state index in [4.69, 9.17) is 0 Å². The molecule has 0 amide bonds. The van der Waals surface area contributed by atoms with Gasteiger partial charge < -0.3 is 0 Å². The van der Waals surface area contributed by atoms with Crippen LogP contribution in [0.15, 0.2) is 54.6 Å². The molecule has 0 heterocycles. The predicted octanol–water partition coefficient (Wildman–Crippen LogP) is 4.19. The van der Waals surface area contributed by atoms with Crippen molar-refractivity contribution in [3.8, 4) is 0 Å². The first kappa shape index (κ1) is 11.3. The van der Waals surface area contributed by atoms with Crippen molar-refractivity contribution >= 4 is 18.2 Å². The van der Waals surface area contributed by atoms with Gasteiger partial charge in [-0.15, -0.1) is 0 Å². The van der Waals surface area contributed by atoms with Crippen molar-refractivity contribution in [3.63, 3.8) is 0 Å². The van der Waals surface area contributed by atoms with Crippen LogP contribution in [0.3, 0.4) is 0 Å². The molecule has 1 unspecified atom stereocenters. The molecule has 16 heavy (non-hydrogen) atoms. The first-order chi connectivity index (χ1) is 7.58. The van der Waals surface area contributed by atoms with Crippen LogP contribution in [0, 0.1) is 6.92 Å². The van der Waals surface area contributed by atoms with E-state index in [0.717, 1.165) is 0 Å². The number of hydrogen-bond donors (Lipinski definition) is 1. The molecule has 1 atom stereocenters. The molecule has 1 heteroatoms. The molecule has 0 saturated carbocycles. The Bertz CT molecular complexity index is 476. The fraction of sp³-hybridized carbons (Fsp3) is 0.200. The average Bonchev–Trinajstić information content (AvgIpc) is 2.40. The van der Waals surface area contributed by atoms with Gasteiger partial charge in [0.05, 0.1) is 0 Å². The zero-order chi connectivity index (χ0) is 11.6. The fourth-order valence-electron chi connectivity index (χ4n) is 1.79. The summed E-state index contributed by atoms with van der Waals surface area (Å²) in [5.74, 6) is 0. The molecule has 2 rings (SSSR count). The lowest BCUT2D eigenvalue weighted by Gasteiger charge is -2.11. The Morgan fingerprint density at radius 3 is 2.62 bits per heavy atom. The molecular weight excluding hydrogens is 212 g/mol. The second-order valence-corrected chi connectivity index (χ2v) is 5.32. The standard InChI is InChI=1S/C15H16S/c1-12-6-3-4-8-14(12)13-7-5-10-15(2,16)11-9-13/h3-11,16H,1-2H3. The van der Waals surface area contributed by atoms with Crippen LogP contribution in [0.2, 0.25) is 0 Å². The highest BCUT2D eigenvalue weighted by molar-refractivity contribution is 7.82. The summed E-state index contributed by atoms with van der Waals surface area (Å²) in [4.78, 5) is 0. The molecule has 0 nitrogen and oxygen atoms in total. The minimum atomic E-state index is -0.152. The number of hydrogen-bond acceptors (Lipinski definition) is 1. The number of aryl methyl sites for hydroxylation is 1. The van der Waals surface area contributed by atoms with Crippen molar-refractivity contribution in [1.82, 2.24) is 0 Å². The molecule has 1 aliphatic carbocycles. The van der Waals surface area contributed by atoms with Crippen molar-refractivity contribution < 1.29 is 0 Å². The number of benzene rings is 1. The summed E-state index contributed by atoms with van der Waals surface area (Å²) in [6, 6.07) is 8.43. The van der Waals surface area contributed by atoms with Gasteiger partial charge in [-0.3, -0.25) is 0 Å². The maximum Gasteiger partial charge on any atom is 0.0466 e. The third-order valence-corrected chi connectivity index (χ3v) is 3.06. The van der Waals surface area contributed by atoms with Crippen molar-refractivity contribution in [1.29, 1.82) is 0 Å². The van der Waals surface area contributed by atoms with Gasteiger partial charge in [-0.1, -0.05) is 54.6 Å². The molecular formula is C15H16S. The molecule has 0 aromatic heterocycles. The van der Waals surface area contributed by atoms with Gasteiger partial charge in [0.1, 0.15) is 0 Å². The Morgan fingerprint density at radius 2 is 1.88 bits per heavy atom. The summed E-state index contributed by atoms with van der Waals surface area (Å²) in [6.07, 6.45) is 10.6. The SMILES string of the molecule is Cc1ccccc1C1=CC=CC(C)(S)C=C1. The van der Waals surface area contributed by atoms with Crippen LogP contribution in [-0.4, -0.2) is 4.75 Å². The van der Waals surface area contributed by atoms with Gasteiger partial charge in [0.25, 0.3) is 0 Å². The van der Waals surface area contributed by atoms with E-state index < -0.39 is 0 Å². The Balaban J connectivity index is 2.41. The monoisotopic (exact) mass is 228 g/mol. The van der Waals surface area contributed by atoms with Crippen molar-refractivity contribution in [3.05, 3.63) is 65.8 Å². The van der Waals surface area contributed by atoms with E-state index >= 15 is 0 Å². The fourth-order valence-corrected chi connectivity index (χ4v) is 1.95. The third-order valence-electron chi connectivity index (χ3n) is 2.77. The highest BCUT2D eigenvalue weighted by Gasteiger charge is 2.12. The van der Waals surface area contributed by atoms with Gasteiger partial charge in [0.15, 0.2) is 0 Å². The second kappa shape index (κ2) is 4.34. The van der Waals surface area contributed by atoms with E-state index in [1.54, 1.807) is 0 Å². The van der Waals surface area contributed by atoms with Gasteiger partial charge in [-0.2, -0.15) is 12.6 Å². The quantitative estimate of drug-likeness (QED) is 0.684. The molecule has 82 valence electrons. The molecule has 0 saturated heterocycles. The van der Waals surface area contributed by atoms with E-state index in [0.29, 0.717) is 0 Å². The molecule has 0 aliphatic heterocycles. The smallest absolute Gasteiger partial charge is 0.0466 e. The Morgan fingerprint density at radius 1 is 1.12 bits per heavy atom. The maximum atomic E-state index is 4.56. The molecule has 1 aliphatic rings. The number of thiol groups is 1. The molecule has 0 bridgehead atoms. The van der Waals surface area contributed by atoms with E-state index in [1.807, 2.05) is 0 Å². The van der Waals surface area contributed by atoms with Gasteiger partial charge in [-0.05, 0) is 30.5 Å². The van der Waals surface area contributed by atoms with Crippen LogP contribution in [0.4, 0.5) is 0 Å². The number of rotatable bonds is 1. The summed E-state index contributed by atoms with van der Waals surface area (Å²) in [5, 5.41) is 0. The maximum absolute atomic E-state index is 4.56. The Labute approximate surface area is 103 Å². The lowest BCUT2D eigenvalue weighted by molar-refractivity contribution is 1.02. The highest BCUT2D eigenvalue weighted by Crippen LogP contribution is 2.26. The van der Waals surface area contributed by atoms with Crippen LogP contribution in [0.5, 0.6) is 0 Å². The first-order valence-corrected chi connectivity index (χ1v) is 5.90. The van der Waals surface area contributed by atoms with Crippen molar-refractivity contribution in [2.45, 2.75) is 18.6 Å². The van der Waals surface area contributed by atoms with Gasteiger partial charge >= 0.3 is 0 Å².